The van der Waals surface area contributed by atoms with Crippen LogP contribution >= 0.6 is 0 Å². The lowest BCUT2D eigenvalue weighted by Crippen LogP contribution is -2.37. The molecule has 0 spiro atoms. The predicted octanol–water partition coefficient (Wildman–Crippen LogP) is 2.57. The van der Waals surface area contributed by atoms with Crippen LogP contribution in [0.25, 0.3) is 0 Å². The van der Waals surface area contributed by atoms with E-state index in [4.69, 9.17) is 4.74 Å². The van der Waals surface area contributed by atoms with E-state index in [2.05, 4.69) is 15.3 Å². The summed E-state index contributed by atoms with van der Waals surface area (Å²) < 4.78 is 5.48. The summed E-state index contributed by atoms with van der Waals surface area (Å²) in [5.74, 6) is 0.0617. The van der Waals surface area contributed by atoms with Crippen LogP contribution in [0.2, 0.25) is 0 Å². The van der Waals surface area contributed by atoms with E-state index in [9.17, 15) is 9.90 Å². The van der Waals surface area contributed by atoms with Crippen molar-refractivity contribution in [3.05, 3.63) is 12.3 Å². The van der Waals surface area contributed by atoms with E-state index in [0.717, 1.165) is 0 Å². The van der Waals surface area contributed by atoms with Gasteiger partial charge in [0.05, 0.1) is 11.5 Å². The lowest BCUT2D eigenvalue weighted by atomic mass is 9.82. The molecule has 6 heteroatoms. The second kappa shape index (κ2) is 7.07. The van der Waals surface area contributed by atoms with Crippen molar-refractivity contribution in [2.75, 3.05) is 11.9 Å². The second-order valence-electron chi connectivity index (χ2n) is 5.03. The normalized spacial score (nSPS) is 11.4. The molecule has 0 saturated carbocycles. The van der Waals surface area contributed by atoms with Crippen LogP contribution in [-0.2, 0) is 4.79 Å². The number of anilines is 1. The first-order valence-corrected chi connectivity index (χ1v) is 6.90. The molecule has 2 N–H and O–H groups in total. The molecule has 0 saturated heterocycles. The zero-order valence-electron chi connectivity index (χ0n) is 12.5. The third kappa shape index (κ3) is 4.08. The molecular formula is C14H23N3O3. The van der Waals surface area contributed by atoms with Crippen molar-refractivity contribution >= 4 is 11.9 Å². The molecule has 20 heavy (non-hydrogen) atoms. The first-order chi connectivity index (χ1) is 9.43. The zero-order chi connectivity index (χ0) is 15.2. The summed E-state index contributed by atoms with van der Waals surface area (Å²) in [6.07, 6.45) is 2.72. The topological polar surface area (TPSA) is 84.3 Å². The number of aliphatic carboxylic acids is 1. The largest absolute Gasteiger partial charge is 0.481 e. The number of nitrogens with zero attached hydrogens (tertiary/aromatic N) is 2. The first kappa shape index (κ1) is 16.2. The molecule has 0 amide bonds. The highest BCUT2D eigenvalue weighted by atomic mass is 16.5. The van der Waals surface area contributed by atoms with Gasteiger partial charge in [0, 0.05) is 18.8 Å². The molecule has 6 nitrogen and oxygen atoms in total. The second-order valence-corrected chi connectivity index (χ2v) is 5.03. The van der Waals surface area contributed by atoms with Crippen molar-refractivity contribution in [1.29, 1.82) is 0 Å². The van der Waals surface area contributed by atoms with Gasteiger partial charge in [0.2, 0.25) is 11.8 Å². The molecule has 1 rings (SSSR count). The Morgan fingerprint density at radius 1 is 1.45 bits per heavy atom. The highest BCUT2D eigenvalue weighted by molar-refractivity contribution is 5.75. The molecule has 0 aliphatic carbocycles. The fraction of sp³-hybridized carbons (Fsp3) is 0.643. The van der Waals surface area contributed by atoms with Crippen molar-refractivity contribution in [3.63, 3.8) is 0 Å². The number of ether oxygens (including phenoxy) is 1. The zero-order valence-corrected chi connectivity index (χ0v) is 12.5. The Bertz CT molecular complexity index is 445. The Kier molecular flexibility index (Phi) is 5.73. The van der Waals surface area contributed by atoms with Crippen LogP contribution in [0.5, 0.6) is 5.88 Å². The van der Waals surface area contributed by atoms with E-state index in [1.54, 1.807) is 12.3 Å². The number of rotatable bonds is 8. The van der Waals surface area contributed by atoms with Gasteiger partial charge in [-0.3, -0.25) is 4.79 Å². The van der Waals surface area contributed by atoms with Gasteiger partial charge in [-0.05, 0) is 26.7 Å². The highest BCUT2D eigenvalue weighted by Crippen LogP contribution is 2.27. The average molecular weight is 281 g/mol. The van der Waals surface area contributed by atoms with E-state index < -0.39 is 11.4 Å². The van der Waals surface area contributed by atoms with Crippen molar-refractivity contribution in [1.82, 2.24) is 9.97 Å². The van der Waals surface area contributed by atoms with E-state index in [1.807, 2.05) is 27.7 Å². The van der Waals surface area contributed by atoms with Crippen LogP contribution in [0.3, 0.4) is 0 Å². The standard InChI is InChI=1S/C14H23N3O3/c1-5-14(6-2,12(18)19)9-16-13-15-8-7-11(17-13)20-10(3)4/h7-8,10H,5-6,9H2,1-4H3,(H,18,19)(H,15,16,17). The smallest absolute Gasteiger partial charge is 0.311 e. The first-order valence-electron chi connectivity index (χ1n) is 6.90. The molecule has 0 atom stereocenters. The van der Waals surface area contributed by atoms with Crippen LogP contribution in [0.15, 0.2) is 12.3 Å². The molecule has 0 unspecified atom stereocenters. The lowest BCUT2D eigenvalue weighted by molar-refractivity contribution is -0.148. The van der Waals surface area contributed by atoms with Gasteiger partial charge < -0.3 is 15.2 Å². The Labute approximate surface area is 119 Å². The average Bonchev–Trinajstić information content (AvgIpc) is 2.40. The van der Waals surface area contributed by atoms with Crippen LogP contribution in [0, 0.1) is 5.41 Å². The van der Waals surface area contributed by atoms with Gasteiger partial charge in [0.15, 0.2) is 0 Å². The van der Waals surface area contributed by atoms with Crippen molar-refractivity contribution in [3.8, 4) is 5.88 Å². The van der Waals surface area contributed by atoms with Gasteiger partial charge in [-0.1, -0.05) is 13.8 Å². The number of carbonyl (C=O) groups is 1. The predicted molar refractivity (Wildman–Crippen MR) is 76.9 cm³/mol. The van der Waals surface area contributed by atoms with E-state index in [-0.39, 0.29) is 6.10 Å². The van der Waals surface area contributed by atoms with Crippen molar-refractivity contribution in [2.24, 2.45) is 5.41 Å². The number of hydrogen-bond acceptors (Lipinski definition) is 5. The van der Waals surface area contributed by atoms with Gasteiger partial charge in [-0.25, -0.2) is 4.98 Å². The molecule has 0 fully saturated rings. The maximum Gasteiger partial charge on any atom is 0.311 e. The molecule has 112 valence electrons. The van der Waals surface area contributed by atoms with Gasteiger partial charge in [0.1, 0.15) is 0 Å². The molecule has 1 heterocycles. The quantitative estimate of drug-likeness (QED) is 0.762. The monoisotopic (exact) mass is 281 g/mol. The van der Waals surface area contributed by atoms with Gasteiger partial charge in [-0.15, -0.1) is 0 Å². The molecule has 1 aromatic rings. The van der Waals surface area contributed by atoms with Crippen LogP contribution in [-0.4, -0.2) is 33.7 Å². The number of aromatic nitrogens is 2. The molecule has 0 bridgehead atoms. The number of hydrogen-bond donors (Lipinski definition) is 2. The summed E-state index contributed by atoms with van der Waals surface area (Å²) in [4.78, 5) is 19.7. The minimum Gasteiger partial charge on any atom is -0.481 e. The van der Waals surface area contributed by atoms with E-state index in [0.29, 0.717) is 31.2 Å². The lowest BCUT2D eigenvalue weighted by Gasteiger charge is -2.26. The fourth-order valence-electron chi connectivity index (χ4n) is 1.86. The molecule has 0 aromatic carbocycles. The highest BCUT2D eigenvalue weighted by Gasteiger charge is 2.34. The SMILES string of the molecule is CCC(CC)(CNc1nccc(OC(C)C)n1)C(=O)O. The summed E-state index contributed by atoms with van der Waals surface area (Å²) >= 11 is 0. The molecule has 0 radical (unpaired) electrons. The van der Waals surface area contributed by atoms with E-state index in [1.165, 1.54) is 0 Å². The Morgan fingerprint density at radius 2 is 2.10 bits per heavy atom. The molecule has 1 aromatic heterocycles. The molecular weight excluding hydrogens is 258 g/mol. The number of nitrogens with one attached hydrogen (secondary N) is 1. The van der Waals surface area contributed by atoms with Gasteiger partial charge in [0.25, 0.3) is 0 Å². The van der Waals surface area contributed by atoms with Gasteiger partial charge in [-0.2, -0.15) is 4.98 Å². The molecule has 0 aliphatic rings. The van der Waals surface area contributed by atoms with E-state index >= 15 is 0 Å². The van der Waals surface area contributed by atoms with Crippen LogP contribution < -0.4 is 10.1 Å². The minimum absolute atomic E-state index is 0.0298. The number of carboxylic acid groups (broad SMARTS) is 1. The fourth-order valence-corrected chi connectivity index (χ4v) is 1.86. The maximum atomic E-state index is 11.4. The summed E-state index contributed by atoms with van der Waals surface area (Å²) in [6.45, 7) is 7.87. The maximum absolute atomic E-state index is 11.4. The Morgan fingerprint density at radius 3 is 2.60 bits per heavy atom. The van der Waals surface area contributed by atoms with Crippen molar-refractivity contribution < 1.29 is 14.6 Å². The third-order valence-electron chi connectivity index (χ3n) is 3.38. The Hall–Kier alpha value is -1.85. The summed E-state index contributed by atoms with van der Waals surface area (Å²) in [7, 11) is 0. The Balaban J connectivity index is 2.76. The summed E-state index contributed by atoms with van der Waals surface area (Å²) in [6, 6.07) is 1.68. The van der Waals surface area contributed by atoms with Crippen LogP contribution in [0.1, 0.15) is 40.5 Å². The van der Waals surface area contributed by atoms with Gasteiger partial charge >= 0.3 is 5.97 Å². The summed E-state index contributed by atoms with van der Waals surface area (Å²) in [5, 5.41) is 12.4. The van der Waals surface area contributed by atoms with Crippen molar-refractivity contribution in [2.45, 2.75) is 46.6 Å². The minimum atomic E-state index is -0.801. The van der Waals surface area contributed by atoms with Crippen LogP contribution in [0.4, 0.5) is 5.95 Å². The third-order valence-corrected chi connectivity index (χ3v) is 3.38. The number of carboxylic acids is 1. The molecule has 0 aliphatic heterocycles. The summed E-state index contributed by atoms with van der Waals surface area (Å²) in [5.41, 5.74) is -0.793.